The number of nitrogens with zero attached hydrogens (tertiary/aromatic N) is 2. The fourth-order valence-corrected chi connectivity index (χ4v) is 5.13. The number of ether oxygens (including phenoxy) is 2. The summed E-state index contributed by atoms with van der Waals surface area (Å²) in [6, 6.07) is 3.98. The van der Waals surface area contributed by atoms with Gasteiger partial charge in [-0.25, -0.2) is 4.98 Å². The van der Waals surface area contributed by atoms with E-state index in [2.05, 4.69) is 15.3 Å². The smallest absolute Gasteiger partial charge is 0.283 e. The Balaban J connectivity index is 1.52. The third-order valence-corrected chi connectivity index (χ3v) is 6.74. The average molecular weight is 384 g/mol. The summed E-state index contributed by atoms with van der Waals surface area (Å²) in [6.45, 7) is 2.42. The molecular weight excluding hydrogens is 370 g/mol. The molecule has 0 radical (unpaired) electrons. The van der Waals surface area contributed by atoms with Crippen LogP contribution in [0.25, 0.3) is 0 Å². The van der Waals surface area contributed by atoms with E-state index in [-0.39, 0.29) is 5.28 Å². The quantitative estimate of drug-likeness (QED) is 0.817. The molecule has 0 saturated carbocycles. The minimum Gasteiger partial charge on any atom is -0.452 e. The fraction of sp³-hybridized carbons (Fsp3) is 0.333. The van der Waals surface area contributed by atoms with Crippen LogP contribution in [0.3, 0.4) is 0 Å². The lowest BCUT2D eigenvalue weighted by Crippen LogP contribution is -2.20. The number of hydrogen-bond acceptors (Lipinski definition) is 7. The molecule has 1 atom stereocenters. The molecule has 6 nitrogen and oxygen atoms in total. The van der Waals surface area contributed by atoms with E-state index in [0.29, 0.717) is 29.4 Å². The van der Waals surface area contributed by atoms with Gasteiger partial charge in [0.15, 0.2) is 0 Å². The van der Waals surface area contributed by atoms with Crippen LogP contribution < -0.4 is 5.32 Å². The van der Waals surface area contributed by atoms with Gasteiger partial charge in [0, 0.05) is 24.0 Å². The summed E-state index contributed by atoms with van der Waals surface area (Å²) in [5, 5.41) is 3.41. The lowest BCUT2D eigenvalue weighted by Gasteiger charge is -2.21. The monoisotopic (exact) mass is 383 g/mol. The van der Waals surface area contributed by atoms with Gasteiger partial charge in [0.25, 0.3) is 5.79 Å². The molecule has 2 aliphatic rings. The van der Waals surface area contributed by atoms with E-state index in [0.717, 1.165) is 15.4 Å². The number of nitrogens with one attached hydrogen (secondary N) is 1. The zero-order chi connectivity index (χ0) is 16.7. The summed E-state index contributed by atoms with van der Waals surface area (Å²) < 4.78 is 23.1. The molecule has 24 heavy (non-hydrogen) atoms. The Morgan fingerprint density at radius 1 is 1.38 bits per heavy atom. The SMILES string of the molecule is CC1(c2ccc(CNc3nc(Cl)nc4c3[S@](=O)CC4)s2)OC=CO1. The number of aryl methyl sites for hydroxylation is 1. The van der Waals surface area contributed by atoms with Gasteiger partial charge in [-0.05, 0) is 23.7 Å². The number of hydrogen-bond donors (Lipinski definition) is 1. The molecular formula is C15H14ClN3O3S2. The summed E-state index contributed by atoms with van der Waals surface area (Å²) >= 11 is 7.55. The summed E-state index contributed by atoms with van der Waals surface area (Å²) in [6.07, 6.45) is 3.75. The molecule has 2 aliphatic heterocycles. The van der Waals surface area contributed by atoms with Crippen LogP contribution in [-0.2, 0) is 39.0 Å². The Morgan fingerprint density at radius 2 is 2.17 bits per heavy atom. The van der Waals surface area contributed by atoms with Crippen LogP contribution in [0.1, 0.15) is 22.4 Å². The normalized spacial score (nSPS) is 20.5. The molecule has 0 amide bonds. The molecule has 0 aliphatic carbocycles. The highest BCUT2D eigenvalue weighted by Crippen LogP contribution is 2.36. The highest BCUT2D eigenvalue weighted by molar-refractivity contribution is 7.85. The Labute approximate surface area is 150 Å². The number of rotatable bonds is 4. The molecule has 2 aromatic heterocycles. The molecule has 0 saturated heterocycles. The van der Waals surface area contributed by atoms with Crippen LogP contribution in [0, 0.1) is 0 Å². The third kappa shape index (κ3) is 2.78. The van der Waals surface area contributed by atoms with Crippen molar-refractivity contribution in [3.05, 3.63) is 45.4 Å². The Bertz CT molecular complexity index is 844. The van der Waals surface area contributed by atoms with Crippen molar-refractivity contribution < 1.29 is 13.7 Å². The molecule has 2 aromatic rings. The van der Waals surface area contributed by atoms with Gasteiger partial charge in [0.05, 0.1) is 27.9 Å². The van der Waals surface area contributed by atoms with Crippen molar-refractivity contribution >= 4 is 39.6 Å². The van der Waals surface area contributed by atoms with Gasteiger partial charge in [-0.15, -0.1) is 11.3 Å². The standard InChI is InChI=1S/C15H14ClN3O3S2/c1-15(21-5-6-22-15)11-3-2-9(23-11)8-17-13-12-10(4-7-24(12)20)18-14(16)19-13/h2-3,5-6H,4,7-8H2,1H3,(H,17,18,19)/t24-/m1/s1. The third-order valence-electron chi connectivity index (χ3n) is 3.84. The zero-order valence-electron chi connectivity index (χ0n) is 12.7. The first-order valence-corrected chi connectivity index (χ1v) is 9.85. The van der Waals surface area contributed by atoms with E-state index in [1.807, 2.05) is 19.1 Å². The lowest BCUT2D eigenvalue weighted by atomic mass is 10.2. The van der Waals surface area contributed by atoms with Crippen molar-refractivity contribution in [3.8, 4) is 0 Å². The van der Waals surface area contributed by atoms with E-state index in [1.165, 1.54) is 0 Å². The van der Waals surface area contributed by atoms with Crippen LogP contribution in [0.4, 0.5) is 5.82 Å². The first kappa shape index (κ1) is 15.9. The Morgan fingerprint density at radius 3 is 2.96 bits per heavy atom. The predicted molar refractivity (Wildman–Crippen MR) is 92.3 cm³/mol. The predicted octanol–water partition coefficient (Wildman–Crippen LogP) is 3.16. The van der Waals surface area contributed by atoms with Crippen molar-refractivity contribution in [2.75, 3.05) is 11.1 Å². The fourth-order valence-electron chi connectivity index (χ4n) is 2.63. The van der Waals surface area contributed by atoms with Crippen molar-refractivity contribution in [2.45, 2.75) is 30.6 Å². The summed E-state index contributed by atoms with van der Waals surface area (Å²) in [7, 11) is -1.07. The molecule has 0 fully saturated rings. The van der Waals surface area contributed by atoms with E-state index in [1.54, 1.807) is 23.9 Å². The van der Waals surface area contributed by atoms with Crippen molar-refractivity contribution in [2.24, 2.45) is 0 Å². The van der Waals surface area contributed by atoms with Gasteiger partial charge in [-0.1, -0.05) is 0 Å². The van der Waals surface area contributed by atoms with Gasteiger partial charge >= 0.3 is 0 Å². The molecule has 0 bridgehead atoms. The maximum Gasteiger partial charge on any atom is 0.283 e. The zero-order valence-corrected chi connectivity index (χ0v) is 15.1. The van der Waals surface area contributed by atoms with Crippen molar-refractivity contribution in [1.29, 1.82) is 0 Å². The second-order valence-electron chi connectivity index (χ2n) is 5.49. The molecule has 1 N–H and O–H groups in total. The number of fused-ring (bicyclic) bond motifs is 1. The van der Waals surface area contributed by atoms with E-state index in [4.69, 9.17) is 21.1 Å². The number of anilines is 1. The van der Waals surface area contributed by atoms with Crippen LogP contribution in [0.5, 0.6) is 0 Å². The first-order valence-electron chi connectivity index (χ1n) is 7.34. The van der Waals surface area contributed by atoms with Gasteiger partial charge < -0.3 is 14.8 Å². The Kier molecular flexibility index (Phi) is 3.98. The van der Waals surface area contributed by atoms with E-state index >= 15 is 0 Å². The highest BCUT2D eigenvalue weighted by atomic mass is 35.5. The molecule has 4 rings (SSSR count). The summed E-state index contributed by atoms with van der Waals surface area (Å²) in [4.78, 5) is 11.1. The topological polar surface area (TPSA) is 73.3 Å². The number of aromatic nitrogens is 2. The van der Waals surface area contributed by atoms with Gasteiger partial charge in [-0.2, -0.15) is 4.98 Å². The molecule has 0 unspecified atom stereocenters. The minimum absolute atomic E-state index is 0.174. The summed E-state index contributed by atoms with van der Waals surface area (Å²) in [5.41, 5.74) is 0.772. The van der Waals surface area contributed by atoms with E-state index in [9.17, 15) is 4.21 Å². The maximum atomic E-state index is 12.1. The largest absolute Gasteiger partial charge is 0.452 e. The second-order valence-corrected chi connectivity index (χ2v) is 8.50. The van der Waals surface area contributed by atoms with Crippen LogP contribution in [0.2, 0.25) is 5.28 Å². The van der Waals surface area contributed by atoms with Crippen molar-refractivity contribution in [1.82, 2.24) is 9.97 Å². The van der Waals surface area contributed by atoms with Crippen LogP contribution >= 0.6 is 22.9 Å². The van der Waals surface area contributed by atoms with Crippen LogP contribution in [0.15, 0.2) is 29.6 Å². The second kappa shape index (κ2) is 6.02. The first-order chi connectivity index (χ1) is 11.5. The highest BCUT2D eigenvalue weighted by Gasteiger charge is 2.33. The Hall–Kier alpha value is -1.64. The molecule has 0 spiro atoms. The van der Waals surface area contributed by atoms with Gasteiger partial charge in [0.1, 0.15) is 23.2 Å². The summed E-state index contributed by atoms with van der Waals surface area (Å²) in [5.74, 6) is 0.364. The molecule has 0 aromatic carbocycles. The molecule has 4 heterocycles. The number of thiophene rings is 1. The van der Waals surface area contributed by atoms with Crippen molar-refractivity contribution in [3.63, 3.8) is 0 Å². The minimum atomic E-state index is -1.07. The maximum absolute atomic E-state index is 12.1. The van der Waals surface area contributed by atoms with E-state index < -0.39 is 16.6 Å². The number of halogens is 1. The average Bonchev–Trinajstić information content (AvgIpc) is 3.26. The molecule has 9 heteroatoms. The lowest BCUT2D eigenvalue weighted by molar-refractivity contribution is -0.130. The van der Waals surface area contributed by atoms with Gasteiger partial charge in [0.2, 0.25) is 5.28 Å². The van der Waals surface area contributed by atoms with Crippen LogP contribution in [-0.4, -0.2) is 19.9 Å². The molecule has 126 valence electrons. The van der Waals surface area contributed by atoms with Gasteiger partial charge in [-0.3, -0.25) is 4.21 Å².